The van der Waals surface area contributed by atoms with E-state index in [9.17, 15) is 0 Å². The topological polar surface area (TPSA) is 0 Å². The van der Waals surface area contributed by atoms with Gasteiger partial charge in [0.05, 0.1) is 0 Å². The van der Waals surface area contributed by atoms with Gasteiger partial charge in [0, 0.05) is 0 Å². The predicted octanol–water partition coefficient (Wildman–Crippen LogP) is 13.3. The molecule has 232 valence electrons. The lowest BCUT2D eigenvalue weighted by Crippen LogP contribution is -1.86. The van der Waals surface area contributed by atoms with E-state index in [0.29, 0.717) is 0 Å². The van der Waals surface area contributed by atoms with Gasteiger partial charge >= 0.3 is 0 Å². The first-order valence-corrected chi connectivity index (χ1v) is 15.4. The highest BCUT2D eigenvalue weighted by molar-refractivity contribution is 5.85. The third kappa shape index (κ3) is 13.0. The molecule has 0 bridgehead atoms. The molecule has 5 aromatic carbocycles. The van der Waals surface area contributed by atoms with Gasteiger partial charge in [-0.25, -0.2) is 0 Å². The molecule has 0 aromatic heterocycles. The third-order valence-corrected chi connectivity index (χ3v) is 8.03. The first-order valence-electron chi connectivity index (χ1n) is 15.4. The summed E-state index contributed by atoms with van der Waals surface area (Å²) in [5.41, 5.74) is 16.5. The fourth-order valence-electron chi connectivity index (χ4n) is 4.24. The predicted molar refractivity (Wildman–Crippen MR) is 198 cm³/mol. The van der Waals surface area contributed by atoms with Crippen LogP contribution >= 0.6 is 0 Å². The lowest BCUT2D eigenvalue weighted by Gasteiger charge is -2.07. The maximum Gasteiger partial charge on any atom is -0.0178 e. The highest BCUT2D eigenvalue weighted by Crippen LogP contribution is 2.22. The molecule has 0 spiro atoms. The average molecular weight is 577 g/mol. The Labute approximate surface area is 266 Å². The van der Waals surface area contributed by atoms with Gasteiger partial charge in [-0.1, -0.05) is 106 Å². The van der Waals surface area contributed by atoms with E-state index in [1.807, 2.05) is 13.8 Å². The minimum absolute atomic E-state index is 0. The lowest BCUT2D eigenvalue weighted by molar-refractivity contribution is 1.24. The van der Waals surface area contributed by atoms with Gasteiger partial charge < -0.3 is 0 Å². The SMILES string of the molecule is C.CC.Cc1cc(C)c(C)cc1C.Cc1cc2cc(C)c(C)cc2cc1C.Cc1ccccc1C.Cc1ccccc1C. The van der Waals surface area contributed by atoms with Crippen molar-refractivity contribution in [2.45, 2.75) is 104 Å². The van der Waals surface area contributed by atoms with Crippen LogP contribution in [0, 0.1) is 83.1 Å². The fraction of sp³-hybridized carbons (Fsp3) is 0.349. The summed E-state index contributed by atoms with van der Waals surface area (Å²) in [7, 11) is 0. The van der Waals surface area contributed by atoms with Gasteiger partial charge in [0.15, 0.2) is 0 Å². The Bertz CT molecular complexity index is 1320. The first kappa shape index (κ1) is 39.4. The van der Waals surface area contributed by atoms with Gasteiger partial charge in [0.1, 0.15) is 0 Å². The van der Waals surface area contributed by atoms with Crippen LogP contribution in [-0.4, -0.2) is 0 Å². The Morgan fingerprint density at radius 3 is 0.581 bits per heavy atom. The average Bonchev–Trinajstić information content (AvgIpc) is 2.95. The second-order valence-electron chi connectivity index (χ2n) is 11.4. The Kier molecular flexibility index (Phi) is 17.9. The van der Waals surface area contributed by atoms with Crippen LogP contribution in [0.2, 0.25) is 0 Å². The summed E-state index contributed by atoms with van der Waals surface area (Å²) in [5.74, 6) is 0. The number of hydrogen-bond acceptors (Lipinski definition) is 0. The molecule has 0 fully saturated rings. The molecule has 0 atom stereocenters. The molecular weight excluding hydrogens is 516 g/mol. The molecule has 43 heavy (non-hydrogen) atoms. The number of benzene rings is 5. The maximum absolute atomic E-state index is 2.27. The fourth-order valence-corrected chi connectivity index (χ4v) is 4.24. The summed E-state index contributed by atoms with van der Waals surface area (Å²) in [6, 6.07) is 30.3. The second-order valence-corrected chi connectivity index (χ2v) is 11.4. The smallest absolute Gasteiger partial charge is 0.0178 e. The molecule has 0 saturated carbocycles. The molecule has 0 nitrogen and oxygen atoms in total. The number of rotatable bonds is 0. The molecule has 5 aromatic rings. The van der Waals surface area contributed by atoms with Crippen molar-refractivity contribution in [2.75, 3.05) is 0 Å². The normalized spacial score (nSPS) is 9.44. The summed E-state index contributed by atoms with van der Waals surface area (Å²) >= 11 is 0. The van der Waals surface area contributed by atoms with E-state index < -0.39 is 0 Å². The van der Waals surface area contributed by atoms with E-state index in [2.05, 4.69) is 168 Å². The van der Waals surface area contributed by atoms with Gasteiger partial charge in [0.25, 0.3) is 0 Å². The standard InChI is InChI=1S/C14H16.C10H14.2C8H10.C2H6.CH4/c1-9-5-13-7-11(3)12(4)8-14(13)6-10(9)2;1-7-5-9(3)10(4)6-8(7)2;2*1-7-5-3-4-6-8(7)2;1-2;/h5-8H,1-4H3;5-6H,1-4H3;2*3-6H,1-2H3;1-2H3;1H4. The van der Waals surface area contributed by atoms with E-state index in [1.165, 1.54) is 77.5 Å². The lowest BCUT2D eigenvalue weighted by atomic mass is 9.98. The molecule has 0 heterocycles. The van der Waals surface area contributed by atoms with Crippen LogP contribution in [0.5, 0.6) is 0 Å². The van der Waals surface area contributed by atoms with Gasteiger partial charge in [-0.05, 0) is 161 Å². The molecule has 0 radical (unpaired) electrons. The molecule has 0 heteroatoms. The second kappa shape index (κ2) is 19.5. The van der Waals surface area contributed by atoms with E-state index in [4.69, 9.17) is 0 Å². The van der Waals surface area contributed by atoms with Crippen LogP contribution in [-0.2, 0) is 0 Å². The Hall–Kier alpha value is -3.64. The zero-order valence-corrected chi connectivity index (χ0v) is 29.1. The van der Waals surface area contributed by atoms with Crippen molar-refractivity contribution in [1.82, 2.24) is 0 Å². The van der Waals surface area contributed by atoms with Crippen LogP contribution in [0.3, 0.4) is 0 Å². The quantitative estimate of drug-likeness (QED) is 0.172. The molecule has 5 rings (SSSR count). The van der Waals surface area contributed by atoms with E-state index in [-0.39, 0.29) is 7.43 Å². The minimum Gasteiger partial charge on any atom is -0.0776 e. The van der Waals surface area contributed by atoms with E-state index in [0.717, 1.165) is 0 Å². The Morgan fingerprint density at radius 2 is 0.419 bits per heavy atom. The van der Waals surface area contributed by atoms with Crippen molar-refractivity contribution in [3.8, 4) is 0 Å². The zero-order chi connectivity index (χ0) is 32.0. The van der Waals surface area contributed by atoms with Crippen LogP contribution < -0.4 is 0 Å². The van der Waals surface area contributed by atoms with E-state index >= 15 is 0 Å². The Balaban J connectivity index is 0.000000547. The molecule has 0 aliphatic rings. The third-order valence-electron chi connectivity index (χ3n) is 8.03. The highest BCUT2D eigenvalue weighted by Gasteiger charge is 2.00. The molecule has 0 aliphatic carbocycles. The summed E-state index contributed by atoms with van der Waals surface area (Å²) in [6.07, 6.45) is 0. The van der Waals surface area contributed by atoms with Crippen molar-refractivity contribution in [2.24, 2.45) is 0 Å². The van der Waals surface area contributed by atoms with Crippen molar-refractivity contribution >= 4 is 10.8 Å². The largest absolute Gasteiger partial charge is 0.0776 e. The van der Waals surface area contributed by atoms with Crippen molar-refractivity contribution in [1.29, 1.82) is 0 Å². The summed E-state index contributed by atoms with van der Waals surface area (Å²) in [6.45, 7) is 29.8. The summed E-state index contributed by atoms with van der Waals surface area (Å²) in [5, 5.41) is 2.72. The van der Waals surface area contributed by atoms with Crippen molar-refractivity contribution in [3.63, 3.8) is 0 Å². The number of fused-ring (bicyclic) bond motifs is 1. The van der Waals surface area contributed by atoms with Gasteiger partial charge in [-0.3, -0.25) is 0 Å². The van der Waals surface area contributed by atoms with Crippen LogP contribution in [0.4, 0.5) is 0 Å². The zero-order valence-electron chi connectivity index (χ0n) is 29.1. The molecular formula is C43H60. The van der Waals surface area contributed by atoms with Gasteiger partial charge in [0.2, 0.25) is 0 Å². The van der Waals surface area contributed by atoms with Crippen LogP contribution in [0.15, 0.2) is 84.9 Å². The summed E-state index contributed by atoms with van der Waals surface area (Å²) < 4.78 is 0. The first-order chi connectivity index (χ1) is 19.8. The van der Waals surface area contributed by atoms with Crippen LogP contribution in [0.1, 0.15) is 88.0 Å². The van der Waals surface area contributed by atoms with E-state index in [1.54, 1.807) is 0 Å². The molecule has 0 N–H and O–H groups in total. The maximum atomic E-state index is 2.27. The van der Waals surface area contributed by atoms with Crippen molar-refractivity contribution in [3.05, 3.63) is 152 Å². The minimum atomic E-state index is 0. The highest BCUT2D eigenvalue weighted by atomic mass is 14.1. The molecule has 0 unspecified atom stereocenters. The summed E-state index contributed by atoms with van der Waals surface area (Å²) in [4.78, 5) is 0. The Morgan fingerprint density at radius 1 is 0.256 bits per heavy atom. The van der Waals surface area contributed by atoms with Gasteiger partial charge in [-0.2, -0.15) is 0 Å². The molecule has 0 saturated heterocycles. The molecule has 0 aliphatic heterocycles. The monoisotopic (exact) mass is 576 g/mol. The van der Waals surface area contributed by atoms with Gasteiger partial charge in [-0.15, -0.1) is 0 Å². The van der Waals surface area contributed by atoms with Crippen LogP contribution in [0.25, 0.3) is 10.8 Å². The van der Waals surface area contributed by atoms with Crippen molar-refractivity contribution < 1.29 is 0 Å². The number of aryl methyl sites for hydroxylation is 12. The number of hydrogen-bond donors (Lipinski definition) is 0. The molecule has 0 amide bonds.